The molecule has 1 saturated heterocycles. The van der Waals surface area contributed by atoms with Gasteiger partial charge in [0.15, 0.2) is 11.5 Å². The topological polar surface area (TPSA) is 79.8 Å². The summed E-state index contributed by atoms with van der Waals surface area (Å²) in [5.41, 5.74) is 0.542. The highest BCUT2D eigenvalue weighted by atomic mass is 16.5. The molecule has 1 fully saturated rings. The van der Waals surface area contributed by atoms with Gasteiger partial charge in [-0.1, -0.05) is 0 Å². The number of hydrogen-bond donors (Lipinski definition) is 3. The zero-order valence-electron chi connectivity index (χ0n) is 10.8. The summed E-state index contributed by atoms with van der Waals surface area (Å²) in [7, 11) is 1.47. The molecule has 0 saturated carbocycles. The molecule has 3 N–H and O–H groups in total. The Labute approximate surface area is 111 Å². The molecular weight excluding hydrogens is 248 g/mol. The summed E-state index contributed by atoms with van der Waals surface area (Å²) >= 11 is 0. The predicted octanol–water partition coefficient (Wildman–Crippen LogP) is 0.718. The van der Waals surface area contributed by atoms with E-state index in [0.717, 1.165) is 6.54 Å². The number of ether oxygens (including phenoxy) is 2. The summed E-state index contributed by atoms with van der Waals surface area (Å²) in [4.78, 5) is 11.8. The fourth-order valence-corrected chi connectivity index (χ4v) is 1.95. The van der Waals surface area contributed by atoms with Crippen LogP contribution < -0.4 is 15.4 Å². The molecule has 6 nitrogen and oxygen atoms in total. The third kappa shape index (κ3) is 3.84. The van der Waals surface area contributed by atoms with Gasteiger partial charge in [0.2, 0.25) is 5.91 Å². The molecule has 1 aliphatic heterocycles. The zero-order chi connectivity index (χ0) is 13.7. The van der Waals surface area contributed by atoms with Crippen molar-refractivity contribution in [3.05, 3.63) is 18.2 Å². The van der Waals surface area contributed by atoms with Crippen molar-refractivity contribution in [2.75, 3.05) is 32.2 Å². The van der Waals surface area contributed by atoms with E-state index in [9.17, 15) is 9.90 Å². The lowest BCUT2D eigenvalue weighted by Crippen LogP contribution is -2.43. The highest BCUT2D eigenvalue weighted by Gasteiger charge is 2.17. The Hall–Kier alpha value is -1.79. The van der Waals surface area contributed by atoms with Gasteiger partial charge in [0.25, 0.3) is 0 Å². The first-order valence-electron chi connectivity index (χ1n) is 6.17. The van der Waals surface area contributed by atoms with Crippen LogP contribution in [0.5, 0.6) is 11.5 Å². The number of carbonyl (C=O) groups is 1. The molecule has 1 heterocycles. The van der Waals surface area contributed by atoms with Crippen LogP contribution in [-0.2, 0) is 9.53 Å². The Morgan fingerprint density at radius 3 is 3.11 bits per heavy atom. The van der Waals surface area contributed by atoms with E-state index in [1.54, 1.807) is 12.1 Å². The lowest BCUT2D eigenvalue weighted by Gasteiger charge is -2.23. The minimum Gasteiger partial charge on any atom is -0.504 e. The van der Waals surface area contributed by atoms with Crippen molar-refractivity contribution in [2.24, 2.45) is 0 Å². The maximum absolute atomic E-state index is 11.8. The van der Waals surface area contributed by atoms with Gasteiger partial charge in [-0.15, -0.1) is 0 Å². The molecule has 2 rings (SSSR count). The third-order valence-electron chi connectivity index (χ3n) is 2.89. The van der Waals surface area contributed by atoms with Crippen LogP contribution in [0, 0.1) is 0 Å². The monoisotopic (exact) mass is 266 g/mol. The molecule has 0 spiro atoms. The van der Waals surface area contributed by atoms with E-state index in [-0.39, 0.29) is 17.7 Å². The van der Waals surface area contributed by atoms with Crippen LogP contribution in [0.4, 0.5) is 5.69 Å². The molecule has 6 heteroatoms. The van der Waals surface area contributed by atoms with Crippen molar-refractivity contribution in [1.82, 2.24) is 5.32 Å². The van der Waals surface area contributed by atoms with Gasteiger partial charge in [-0.3, -0.25) is 4.79 Å². The molecule has 1 amide bonds. The Balaban J connectivity index is 1.89. The van der Waals surface area contributed by atoms with E-state index in [1.807, 2.05) is 0 Å². The summed E-state index contributed by atoms with van der Waals surface area (Å²) in [6.07, 6.45) is 0.340. The molecule has 0 aliphatic carbocycles. The van der Waals surface area contributed by atoms with Crippen molar-refractivity contribution in [2.45, 2.75) is 12.5 Å². The Kier molecular flexibility index (Phi) is 4.59. The van der Waals surface area contributed by atoms with Gasteiger partial charge in [0, 0.05) is 30.8 Å². The van der Waals surface area contributed by atoms with Crippen LogP contribution in [-0.4, -0.2) is 43.9 Å². The second-order valence-electron chi connectivity index (χ2n) is 4.36. The predicted molar refractivity (Wildman–Crippen MR) is 70.5 cm³/mol. The molecule has 0 bridgehead atoms. The van der Waals surface area contributed by atoms with Crippen LogP contribution in [0.2, 0.25) is 0 Å². The third-order valence-corrected chi connectivity index (χ3v) is 2.89. The number of benzene rings is 1. The molecule has 1 atom stereocenters. The first-order valence-corrected chi connectivity index (χ1v) is 6.17. The van der Waals surface area contributed by atoms with Gasteiger partial charge in [-0.05, 0) is 12.1 Å². The van der Waals surface area contributed by atoms with Gasteiger partial charge in [0.05, 0.1) is 20.3 Å². The number of rotatable bonds is 4. The molecule has 1 unspecified atom stereocenters. The molecule has 1 aromatic carbocycles. The number of hydrogen-bond acceptors (Lipinski definition) is 5. The van der Waals surface area contributed by atoms with E-state index >= 15 is 0 Å². The number of nitrogens with one attached hydrogen (secondary N) is 2. The molecular formula is C13H18N2O4. The first-order chi connectivity index (χ1) is 9.19. The number of phenolic OH excluding ortho intramolecular Hbond substituents is 1. The van der Waals surface area contributed by atoms with E-state index in [1.165, 1.54) is 13.2 Å². The molecule has 1 aliphatic rings. The van der Waals surface area contributed by atoms with Crippen LogP contribution in [0.3, 0.4) is 0 Å². The summed E-state index contributed by atoms with van der Waals surface area (Å²) in [6.45, 7) is 1.99. The zero-order valence-corrected chi connectivity index (χ0v) is 10.8. The number of morpholine rings is 1. The fraction of sp³-hybridized carbons (Fsp3) is 0.462. The van der Waals surface area contributed by atoms with Crippen molar-refractivity contribution in [3.8, 4) is 11.5 Å². The van der Waals surface area contributed by atoms with E-state index < -0.39 is 0 Å². The smallest absolute Gasteiger partial charge is 0.226 e. The number of anilines is 1. The highest BCUT2D eigenvalue weighted by molar-refractivity contribution is 5.91. The second-order valence-corrected chi connectivity index (χ2v) is 4.36. The van der Waals surface area contributed by atoms with Crippen LogP contribution in [0.15, 0.2) is 18.2 Å². The maximum Gasteiger partial charge on any atom is 0.226 e. The molecule has 104 valence electrons. The average molecular weight is 266 g/mol. The lowest BCUT2D eigenvalue weighted by molar-refractivity contribution is -0.117. The number of phenols is 1. The molecule has 1 aromatic rings. The normalized spacial score (nSPS) is 18.9. The summed E-state index contributed by atoms with van der Waals surface area (Å²) in [5.74, 6) is 0.257. The van der Waals surface area contributed by atoms with Gasteiger partial charge >= 0.3 is 0 Å². The number of carbonyl (C=O) groups excluding carboxylic acids is 1. The lowest BCUT2D eigenvalue weighted by atomic mass is 10.2. The summed E-state index contributed by atoms with van der Waals surface area (Å²) < 4.78 is 10.2. The summed E-state index contributed by atoms with van der Waals surface area (Å²) in [5, 5.41) is 15.6. The standard InChI is InChI=1S/C13H18N2O4/c1-18-12-3-2-9(6-11(12)16)15-13(17)7-10-8-19-5-4-14-10/h2-3,6,10,14,16H,4-5,7-8H2,1H3,(H,15,17). The second kappa shape index (κ2) is 6.40. The van der Waals surface area contributed by atoms with E-state index in [2.05, 4.69) is 10.6 Å². The quantitative estimate of drug-likeness (QED) is 0.748. The van der Waals surface area contributed by atoms with Crippen LogP contribution in [0.1, 0.15) is 6.42 Å². The molecule has 0 aromatic heterocycles. The van der Waals surface area contributed by atoms with Gasteiger partial charge in [0.1, 0.15) is 0 Å². The van der Waals surface area contributed by atoms with Gasteiger partial charge in [-0.2, -0.15) is 0 Å². The Morgan fingerprint density at radius 2 is 2.47 bits per heavy atom. The largest absolute Gasteiger partial charge is 0.504 e. The Bertz CT molecular complexity index is 444. The average Bonchev–Trinajstić information content (AvgIpc) is 2.40. The molecule has 19 heavy (non-hydrogen) atoms. The number of amides is 1. The molecule has 0 radical (unpaired) electrons. The van der Waals surface area contributed by atoms with Crippen molar-refractivity contribution in [1.29, 1.82) is 0 Å². The SMILES string of the molecule is COc1ccc(NC(=O)CC2COCCN2)cc1O. The maximum atomic E-state index is 11.8. The first kappa shape index (κ1) is 13.6. The van der Waals surface area contributed by atoms with Crippen LogP contribution >= 0.6 is 0 Å². The summed E-state index contributed by atoms with van der Waals surface area (Å²) in [6, 6.07) is 4.79. The van der Waals surface area contributed by atoms with Crippen molar-refractivity contribution < 1.29 is 19.4 Å². The van der Waals surface area contributed by atoms with E-state index in [0.29, 0.717) is 31.1 Å². The number of methoxy groups -OCH3 is 1. The van der Waals surface area contributed by atoms with Crippen molar-refractivity contribution >= 4 is 11.6 Å². The van der Waals surface area contributed by atoms with Crippen LogP contribution in [0.25, 0.3) is 0 Å². The Morgan fingerprint density at radius 1 is 1.63 bits per heavy atom. The minimum atomic E-state index is -0.118. The van der Waals surface area contributed by atoms with E-state index in [4.69, 9.17) is 9.47 Å². The van der Waals surface area contributed by atoms with Gasteiger partial charge in [-0.25, -0.2) is 0 Å². The van der Waals surface area contributed by atoms with Crippen molar-refractivity contribution in [3.63, 3.8) is 0 Å². The highest BCUT2D eigenvalue weighted by Crippen LogP contribution is 2.28. The minimum absolute atomic E-state index is 0.000533. The number of aromatic hydroxyl groups is 1. The van der Waals surface area contributed by atoms with Gasteiger partial charge < -0.3 is 25.2 Å². The fourth-order valence-electron chi connectivity index (χ4n) is 1.95.